The molecule has 0 radical (unpaired) electrons. The molecule has 0 spiro atoms. The van der Waals surface area contributed by atoms with Gasteiger partial charge in [-0.05, 0) is 51.6 Å². The Morgan fingerprint density at radius 2 is 1.68 bits per heavy atom. The number of nitrogens with one attached hydrogen (secondary N) is 1. The van der Waals surface area contributed by atoms with E-state index >= 15 is 0 Å². The maximum absolute atomic E-state index is 5.56. The lowest BCUT2D eigenvalue weighted by atomic mass is 10.00. The second kappa shape index (κ2) is 8.31. The standard InChI is InChI=1S/C16H28N2O/c1-13-10-14(2)16(15(3)11-13)12-17-6-8-19-9-7-18(4)5/h10-11,17H,6-9,12H2,1-5H3. The van der Waals surface area contributed by atoms with Crippen LogP contribution in [0.1, 0.15) is 22.3 Å². The predicted octanol–water partition coefficient (Wildman–Crippen LogP) is 2.28. The molecule has 0 heterocycles. The minimum atomic E-state index is 0.776. The Bertz CT molecular complexity index is 365. The number of rotatable bonds is 8. The molecule has 3 heteroatoms. The van der Waals surface area contributed by atoms with Crippen LogP contribution in [0.3, 0.4) is 0 Å². The topological polar surface area (TPSA) is 24.5 Å². The summed E-state index contributed by atoms with van der Waals surface area (Å²) in [6.07, 6.45) is 0. The SMILES string of the molecule is Cc1cc(C)c(CNCCOCCN(C)C)c(C)c1. The monoisotopic (exact) mass is 264 g/mol. The summed E-state index contributed by atoms with van der Waals surface area (Å²) in [4.78, 5) is 2.13. The lowest BCUT2D eigenvalue weighted by Gasteiger charge is -2.13. The van der Waals surface area contributed by atoms with E-state index in [0.717, 1.165) is 32.8 Å². The Labute approximate surface area is 118 Å². The van der Waals surface area contributed by atoms with Gasteiger partial charge in [0.05, 0.1) is 13.2 Å². The van der Waals surface area contributed by atoms with E-state index in [1.54, 1.807) is 0 Å². The number of hydrogen-bond acceptors (Lipinski definition) is 3. The summed E-state index contributed by atoms with van der Waals surface area (Å²) < 4.78 is 5.56. The molecule has 19 heavy (non-hydrogen) atoms. The maximum Gasteiger partial charge on any atom is 0.0593 e. The van der Waals surface area contributed by atoms with Crippen molar-refractivity contribution in [2.75, 3.05) is 40.4 Å². The Morgan fingerprint density at radius 3 is 2.26 bits per heavy atom. The number of likely N-dealkylation sites (N-methyl/N-ethyl adjacent to an activating group) is 1. The van der Waals surface area contributed by atoms with Crippen molar-refractivity contribution in [3.05, 3.63) is 34.4 Å². The fraction of sp³-hybridized carbons (Fsp3) is 0.625. The molecule has 0 aliphatic carbocycles. The first-order chi connectivity index (χ1) is 9.00. The molecule has 108 valence electrons. The molecule has 1 rings (SSSR count). The van der Waals surface area contributed by atoms with Crippen molar-refractivity contribution in [2.24, 2.45) is 0 Å². The van der Waals surface area contributed by atoms with Crippen molar-refractivity contribution in [3.8, 4) is 0 Å². The van der Waals surface area contributed by atoms with Crippen LogP contribution >= 0.6 is 0 Å². The minimum absolute atomic E-state index is 0.776. The molecule has 1 aromatic carbocycles. The number of hydrogen-bond donors (Lipinski definition) is 1. The van der Waals surface area contributed by atoms with Crippen LogP contribution in [0.5, 0.6) is 0 Å². The highest BCUT2D eigenvalue weighted by Gasteiger charge is 2.03. The summed E-state index contributed by atoms with van der Waals surface area (Å²) >= 11 is 0. The van der Waals surface area contributed by atoms with E-state index in [4.69, 9.17) is 4.74 Å². The van der Waals surface area contributed by atoms with Crippen molar-refractivity contribution in [1.82, 2.24) is 10.2 Å². The van der Waals surface area contributed by atoms with Crippen LogP contribution in [0.4, 0.5) is 0 Å². The van der Waals surface area contributed by atoms with E-state index in [1.807, 2.05) is 0 Å². The third-order valence-electron chi connectivity index (χ3n) is 3.25. The molecule has 0 unspecified atom stereocenters. The van der Waals surface area contributed by atoms with Crippen LogP contribution in [-0.4, -0.2) is 45.3 Å². The van der Waals surface area contributed by atoms with Crippen LogP contribution in [0.2, 0.25) is 0 Å². The van der Waals surface area contributed by atoms with Crippen molar-refractivity contribution < 1.29 is 4.74 Å². The molecule has 0 aliphatic heterocycles. The smallest absolute Gasteiger partial charge is 0.0593 e. The fourth-order valence-electron chi connectivity index (χ4n) is 2.20. The lowest BCUT2D eigenvalue weighted by Crippen LogP contribution is -2.23. The van der Waals surface area contributed by atoms with E-state index in [-0.39, 0.29) is 0 Å². The second-order valence-corrected chi connectivity index (χ2v) is 5.47. The summed E-state index contributed by atoms with van der Waals surface area (Å²) in [5.74, 6) is 0. The van der Waals surface area contributed by atoms with Gasteiger partial charge in [0.25, 0.3) is 0 Å². The highest BCUT2D eigenvalue weighted by molar-refractivity contribution is 5.37. The van der Waals surface area contributed by atoms with Gasteiger partial charge in [0, 0.05) is 19.6 Å². The number of ether oxygens (including phenoxy) is 1. The molecule has 0 saturated carbocycles. The summed E-state index contributed by atoms with van der Waals surface area (Å²) in [5, 5.41) is 3.45. The summed E-state index contributed by atoms with van der Waals surface area (Å²) in [6.45, 7) is 10.9. The molecule has 1 aromatic rings. The second-order valence-electron chi connectivity index (χ2n) is 5.47. The van der Waals surface area contributed by atoms with Crippen LogP contribution in [0, 0.1) is 20.8 Å². The molecule has 0 atom stereocenters. The number of benzene rings is 1. The normalized spacial score (nSPS) is 11.3. The van der Waals surface area contributed by atoms with Crippen molar-refractivity contribution in [2.45, 2.75) is 27.3 Å². The maximum atomic E-state index is 5.56. The first-order valence-electron chi connectivity index (χ1n) is 7.00. The molecule has 0 aromatic heterocycles. The van der Waals surface area contributed by atoms with Gasteiger partial charge in [-0.1, -0.05) is 17.7 Å². The zero-order valence-electron chi connectivity index (χ0n) is 13.0. The quantitative estimate of drug-likeness (QED) is 0.729. The van der Waals surface area contributed by atoms with Crippen LogP contribution < -0.4 is 5.32 Å². The molecule has 0 aliphatic rings. The zero-order valence-corrected chi connectivity index (χ0v) is 13.0. The molecule has 0 fully saturated rings. The predicted molar refractivity (Wildman–Crippen MR) is 81.7 cm³/mol. The van der Waals surface area contributed by atoms with Gasteiger partial charge in [-0.15, -0.1) is 0 Å². The molecular weight excluding hydrogens is 236 g/mol. The van der Waals surface area contributed by atoms with E-state index in [9.17, 15) is 0 Å². The molecular formula is C16H28N2O. The van der Waals surface area contributed by atoms with Crippen LogP contribution in [0.25, 0.3) is 0 Å². The van der Waals surface area contributed by atoms with Gasteiger partial charge in [0.1, 0.15) is 0 Å². The minimum Gasteiger partial charge on any atom is -0.379 e. The van der Waals surface area contributed by atoms with E-state index in [2.05, 4.69) is 57.2 Å². The molecule has 0 amide bonds. The molecule has 0 saturated heterocycles. The van der Waals surface area contributed by atoms with Crippen molar-refractivity contribution in [3.63, 3.8) is 0 Å². The van der Waals surface area contributed by atoms with Gasteiger partial charge in [-0.3, -0.25) is 0 Å². The number of aryl methyl sites for hydroxylation is 3. The fourth-order valence-corrected chi connectivity index (χ4v) is 2.20. The van der Waals surface area contributed by atoms with Crippen LogP contribution in [-0.2, 0) is 11.3 Å². The van der Waals surface area contributed by atoms with Gasteiger partial charge in [-0.2, -0.15) is 0 Å². The average Bonchev–Trinajstić information content (AvgIpc) is 2.30. The summed E-state index contributed by atoms with van der Waals surface area (Å²) in [7, 11) is 4.12. The largest absolute Gasteiger partial charge is 0.379 e. The van der Waals surface area contributed by atoms with E-state index in [0.29, 0.717) is 0 Å². The highest BCUT2D eigenvalue weighted by atomic mass is 16.5. The molecule has 1 N–H and O–H groups in total. The zero-order chi connectivity index (χ0) is 14.3. The third kappa shape index (κ3) is 6.19. The summed E-state index contributed by atoms with van der Waals surface area (Å²) in [5.41, 5.74) is 5.50. The Kier molecular flexibility index (Phi) is 7.06. The number of nitrogens with zero attached hydrogens (tertiary/aromatic N) is 1. The first kappa shape index (κ1) is 16.2. The Hall–Kier alpha value is -0.900. The van der Waals surface area contributed by atoms with Gasteiger partial charge >= 0.3 is 0 Å². The average molecular weight is 264 g/mol. The Balaban J connectivity index is 2.23. The van der Waals surface area contributed by atoms with Gasteiger partial charge in [0.15, 0.2) is 0 Å². The lowest BCUT2D eigenvalue weighted by molar-refractivity contribution is 0.119. The van der Waals surface area contributed by atoms with E-state index in [1.165, 1.54) is 22.3 Å². The van der Waals surface area contributed by atoms with Crippen molar-refractivity contribution >= 4 is 0 Å². The highest BCUT2D eigenvalue weighted by Crippen LogP contribution is 2.15. The van der Waals surface area contributed by atoms with E-state index < -0.39 is 0 Å². The van der Waals surface area contributed by atoms with Gasteiger partial charge in [-0.25, -0.2) is 0 Å². The van der Waals surface area contributed by atoms with Crippen molar-refractivity contribution in [1.29, 1.82) is 0 Å². The first-order valence-corrected chi connectivity index (χ1v) is 7.00. The molecule has 0 bridgehead atoms. The Morgan fingerprint density at radius 1 is 1.05 bits per heavy atom. The summed E-state index contributed by atoms with van der Waals surface area (Å²) in [6, 6.07) is 4.50. The van der Waals surface area contributed by atoms with Gasteiger partial charge in [0.2, 0.25) is 0 Å². The molecule has 3 nitrogen and oxygen atoms in total. The van der Waals surface area contributed by atoms with Crippen LogP contribution in [0.15, 0.2) is 12.1 Å². The third-order valence-corrected chi connectivity index (χ3v) is 3.25. The van der Waals surface area contributed by atoms with Gasteiger partial charge < -0.3 is 15.0 Å².